The first kappa shape index (κ1) is 18.8. The Morgan fingerprint density at radius 1 is 1.21 bits per heavy atom. The zero-order valence-electron chi connectivity index (χ0n) is 15.9. The van der Waals surface area contributed by atoms with Gasteiger partial charge in [0.05, 0.1) is 5.69 Å². The molecule has 0 unspecified atom stereocenters. The van der Waals surface area contributed by atoms with Crippen molar-refractivity contribution in [2.24, 2.45) is 5.92 Å². The maximum atomic E-state index is 13.4. The van der Waals surface area contributed by atoms with E-state index in [1.54, 1.807) is 12.1 Å². The number of nitrogens with zero attached hydrogens (tertiary/aromatic N) is 3. The Labute approximate surface area is 162 Å². The van der Waals surface area contributed by atoms with Gasteiger partial charge in [-0.15, -0.1) is 0 Å². The van der Waals surface area contributed by atoms with Crippen molar-refractivity contribution in [1.29, 1.82) is 0 Å². The van der Waals surface area contributed by atoms with Gasteiger partial charge in [0.2, 0.25) is 0 Å². The van der Waals surface area contributed by atoms with Crippen molar-refractivity contribution < 1.29 is 8.78 Å². The predicted octanol–water partition coefficient (Wildman–Crippen LogP) is 3.45. The van der Waals surface area contributed by atoms with Crippen LogP contribution in [0.4, 0.5) is 8.78 Å². The quantitative estimate of drug-likeness (QED) is 0.731. The van der Waals surface area contributed by atoms with Crippen molar-refractivity contribution in [3.05, 3.63) is 69.3 Å². The molecule has 1 aliphatic heterocycles. The van der Waals surface area contributed by atoms with E-state index in [-0.39, 0.29) is 5.56 Å². The first-order chi connectivity index (χ1) is 13.5. The van der Waals surface area contributed by atoms with E-state index in [1.807, 2.05) is 13.0 Å². The molecule has 148 valence electrons. The second-order valence-electron chi connectivity index (χ2n) is 7.75. The Morgan fingerprint density at radius 2 is 2.07 bits per heavy atom. The molecule has 0 bridgehead atoms. The van der Waals surface area contributed by atoms with Gasteiger partial charge < -0.3 is 0 Å². The molecule has 0 amide bonds. The number of aromatic amines is 1. The molecule has 1 aromatic carbocycles. The Bertz CT molecular complexity index is 1040. The Hall–Kier alpha value is -2.54. The number of likely N-dealkylation sites (tertiary alicyclic amines) is 1. The number of aryl methyl sites for hydroxylation is 2. The van der Waals surface area contributed by atoms with Crippen molar-refractivity contribution in [1.82, 2.24) is 19.5 Å². The number of hydrogen-bond acceptors (Lipinski definition) is 3. The minimum Gasteiger partial charge on any atom is -0.297 e. The predicted molar refractivity (Wildman–Crippen MR) is 103 cm³/mol. The van der Waals surface area contributed by atoms with Crippen molar-refractivity contribution in [2.45, 2.75) is 39.2 Å². The van der Waals surface area contributed by atoms with Crippen LogP contribution < -0.4 is 5.56 Å². The number of fused-ring (bicyclic) bond motifs is 1. The van der Waals surface area contributed by atoms with Crippen LogP contribution in [0.1, 0.15) is 36.2 Å². The second-order valence-corrected chi connectivity index (χ2v) is 7.75. The van der Waals surface area contributed by atoms with Crippen LogP contribution in [0.5, 0.6) is 0 Å². The molecule has 7 heteroatoms. The lowest BCUT2D eigenvalue weighted by Crippen LogP contribution is -2.35. The van der Waals surface area contributed by atoms with Gasteiger partial charge in [0.1, 0.15) is 0 Å². The Morgan fingerprint density at radius 3 is 2.89 bits per heavy atom. The molecular weight excluding hydrogens is 362 g/mol. The van der Waals surface area contributed by atoms with E-state index < -0.39 is 11.6 Å². The molecule has 1 saturated heterocycles. The third-order valence-corrected chi connectivity index (χ3v) is 5.45. The molecule has 28 heavy (non-hydrogen) atoms. The van der Waals surface area contributed by atoms with Crippen LogP contribution in [-0.4, -0.2) is 32.6 Å². The van der Waals surface area contributed by atoms with Crippen LogP contribution in [0.2, 0.25) is 0 Å². The summed E-state index contributed by atoms with van der Waals surface area (Å²) < 4.78 is 27.9. The number of benzene rings is 1. The van der Waals surface area contributed by atoms with Crippen molar-refractivity contribution >= 4 is 5.65 Å². The van der Waals surface area contributed by atoms with Gasteiger partial charge >= 0.3 is 0 Å². The van der Waals surface area contributed by atoms with Crippen molar-refractivity contribution in [3.63, 3.8) is 0 Å². The average molecular weight is 386 g/mol. The molecule has 5 nitrogen and oxygen atoms in total. The second kappa shape index (κ2) is 7.83. The molecule has 4 rings (SSSR count). The fourth-order valence-electron chi connectivity index (χ4n) is 4.07. The minimum atomic E-state index is -0.800. The van der Waals surface area contributed by atoms with Crippen LogP contribution in [0, 0.1) is 24.5 Å². The summed E-state index contributed by atoms with van der Waals surface area (Å²) in [6, 6.07) is 7.60. The zero-order chi connectivity index (χ0) is 19.7. The van der Waals surface area contributed by atoms with E-state index in [1.165, 1.54) is 16.6 Å². The van der Waals surface area contributed by atoms with Gasteiger partial charge in [0.25, 0.3) is 5.56 Å². The summed E-state index contributed by atoms with van der Waals surface area (Å²) in [6.07, 6.45) is 3.90. The number of H-pyrrole nitrogens is 1. The standard InChI is InChI=1S/C21H24F2N4O/c1-14-9-20-24-17(11-21(28)27(20)25-14)13-26-8-2-3-16(12-26)5-4-15-6-7-18(22)19(23)10-15/h6-7,9-11,16,25H,2-5,8,12-13H2,1H3/t16-/m1/s1. The molecule has 3 heterocycles. The average Bonchev–Trinajstić information content (AvgIpc) is 3.04. The van der Waals surface area contributed by atoms with E-state index in [2.05, 4.69) is 15.0 Å². The molecule has 1 fully saturated rings. The molecule has 1 N–H and O–H groups in total. The number of piperidine rings is 1. The van der Waals surface area contributed by atoms with Crippen LogP contribution in [0.15, 0.2) is 35.1 Å². The summed E-state index contributed by atoms with van der Waals surface area (Å²) in [6.45, 7) is 4.46. The van der Waals surface area contributed by atoms with Gasteiger partial charge in [0, 0.05) is 30.9 Å². The maximum Gasteiger partial charge on any atom is 0.272 e. The van der Waals surface area contributed by atoms with Crippen molar-refractivity contribution in [2.75, 3.05) is 13.1 Å². The number of hydrogen-bond donors (Lipinski definition) is 1. The van der Waals surface area contributed by atoms with E-state index in [4.69, 9.17) is 0 Å². The molecular formula is C21H24F2N4O. The molecule has 1 aliphatic rings. The van der Waals surface area contributed by atoms with E-state index >= 15 is 0 Å². The maximum absolute atomic E-state index is 13.4. The molecule has 1 atom stereocenters. The largest absolute Gasteiger partial charge is 0.297 e. The van der Waals surface area contributed by atoms with Crippen LogP contribution in [0.3, 0.4) is 0 Å². The van der Waals surface area contributed by atoms with E-state index in [0.29, 0.717) is 18.1 Å². The summed E-state index contributed by atoms with van der Waals surface area (Å²) >= 11 is 0. The zero-order valence-corrected chi connectivity index (χ0v) is 15.9. The third kappa shape index (κ3) is 4.14. The van der Waals surface area contributed by atoms with Crippen LogP contribution in [-0.2, 0) is 13.0 Å². The van der Waals surface area contributed by atoms with E-state index in [9.17, 15) is 13.6 Å². The molecule has 0 aliphatic carbocycles. The minimum absolute atomic E-state index is 0.0972. The SMILES string of the molecule is Cc1cc2nc(CN3CCC[C@H](CCc4ccc(F)c(F)c4)C3)cc(=O)n2[nH]1. The summed E-state index contributed by atoms with van der Waals surface area (Å²) in [4.78, 5) is 19.2. The number of rotatable bonds is 5. The lowest BCUT2D eigenvalue weighted by atomic mass is 9.91. The molecule has 2 aromatic heterocycles. The number of aromatic nitrogens is 3. The van der Waals surface area contributed by atoms with Crippen molar-refractivity contribution in [3.8, 4) is 0 Å². The van der Waals surface area contributed by atoms with Gasteiger partial charge in [-0.2, -0.15) is 0 Å². The van der Waals surface area contributed by atoms with Gasteiger partial charge in [0.15, 0.2) is 17.3 Å². The fourth-order valence-corrected chi connectivity index (χ4v) is 4.07. The highest BCUT2D eigenvalue weighted by Gasteiger charge is 2.21. The smallest absolute Gasteiger partial charge is 0.272 e. The van der Waals surface area contributed by atoms with Gasteiger partial charge in [-0.25, -0.2) is 18.3 Å². The number of nitrogens with one attached hydrogen (secondary N) is 1. The Kier molecular flexibility index (Phi) is 5.26. The topological polar surface area (TPSA) is 53.4 Å². The highest BCUT2D eigenvalue weighted by Crippen LogP contribution is 2.23. The summed E-state index contributed by atoms with van der Waals surface area (Å²) in [5.74, 6) is -1.08. The number of halogens is 2. The summed E-state index contributed by atoms with van der Waals surface area (Å²) in [7, 11) is 0. The lowest BCUT2D eigenvalue weighted by molar-refractivity contribution is 0.160. The first-order valence-corrected chi connectivity index (χ1v) is 9.72. The van der Waals surface area contributed by atoms with Crippen LogP contribution >= 0.6 is 0 Å². The molecule has 3 aromatic rings. The van der Waals surface area contributed by atoms with Gasteiger partial charge in [-0.05, 0) is 62.8 Å². The molecule has 0 radical (unpaired) electrons. The third-order valence-electron chi connectivity index (χ3n) is 5.45. The monoisotopic (exact) mass is 386 g/mol. The molecule has 0 spiro atoms. The summed E-state index contributed by atoms with van der Waals surface area (Å²) in [5, 5.41) is 2.98. The van der Waals surface area contributed by atoms with Crippen LogP contribution in [0.25, 0.3) is 5.65 Å². The first-order valence-electron chi connectivity index (χ1n) is 9.72. The highest BCUT2D eigenvalue weighted by atomic mass is 19.2. The normalized spacial score (nSPS) is 18.0. The Balaban J connectivity index is 1.38. The summed E-state index contributed by atoms with van der Waals surface area (Å²) in [5.41, 5.74) is 3.06. The van der Waals surface area contributed by atoms with Gasteiger partial charge in [-0.3, -0.25) is 14.8 Å². The van der Waals surface area contributed by atoms with E-state index in [0.717, 1.165) is 55.7 Å². The van der Waals surface area contributed by atoms with Gasteiger partial charge in [-0.1, -0.05) is 6.07 Å². The fraction of sp³-hybridized carbons (Fsp3) is 0.429. The highest BCUT2D eigenvalue weighted by molar-refractivity contribution is 5.39. The lowest BCUT2D eigenvalue weighted by Gasteiger charge is -2.32. The molecule has 0 saturated carbocycles.